The number of rotatable bonds is 3. The number of halogens is 1. The lowest BCUT2D eigenvalue weighted by molar-refractivity contribution is 0.720. The molecule has 2 heterocycles. The first kappa shape index (κ1) is 16.7. The van der Waals surface area contributed by atoms with Gasteiger partial charge in [-0.3, -0.25) is 4.79 Å². The van der Waals surface area contributed by atoms with Crippen molar-refractivity contribution in [1.29, 1.82) is 0 Å². The second-order valence-corrected chi connectivity index (χ2v) is 5.98. The topological polar surface area (TPSA) is 90.2 Å². The second-order valence-electron chi connectivity index (χ2n) is 5.58. The highest BCUT2D eigenvalue weighted by molar-refractivity contribution is 6.35. The molecule has 0 aliphatic rings. The number of fused-ring (bicyclic) bond motifs is 1. The number of nitrogens with one attached hydrogen (secondary N) is 1. The molecular formula is C17H15ClN6O. The normalized spacial score (nSPS) is 11.9. The van der Waals surface area contributed by atoms with E-state index in [2.05, 4.69) is 20.1 Å². The zero-order valence-electron chi connectivity index (χ0n) is 13.6. The summed E-state index contributed by atoms with van der Waals surface area (Å²) in [5.41, 5.74) is 6.41. The summed E-state index contributed by atoms with van der Waals surface area (Å²) in [6.45, 7) is 9.08. The number of hydrogen-bond acceptors (Lipinski definition) is 5. The summed E-state index contributed by atoms with van der Waals surface area (Å²) < 4.78 is 1.54. The van der Waals surface area contributed by atoms with Crippen LogP contribution in [0.3, 0.4) is 0 Å². The minimum atomic E-state index is -0.295. The van der Waals surface area contributed by atoms with E-state index in [0.717, 1.165) is 11.1 Å². The molecule has 0 saturated heterocycles. The van der Waals surface area contributed by atoms with Gasteiger partial charge in [0.2, 0.25) is 11.6 Å². The Kier molecular flexibility index (Phi) is 4.30. The number of nitrogens with zero attached hydrogens (tertiary/aromatic N) is 4. The highest BCUT2D eigenvalue weighted by atomic mass is 35.5. The fraction of sp³-hybridized carbons (Fsp3) is 0.176. The first-order valence-corrected chi connectivity index (χ1v) is 7.85. The van der Waals surface area contributed by atoms with Crippen LogP contribution in [-0.4, -0.2) is 14.5 Å². The predicted octanol–water partition coefficient (Wildman–Crippen LogP) is 3.29. The molecule has 0 aliphatic heterocycles. The minimum absolute atomic E-state index is 0.0706. The third-order valence-electron chi connectivity index (χ3n) is 3.96. The number of aromatic nitrogens is 3. The van der Waals surface area contributed by atoms with E-state index in [0.29, 0.717) is 16.2 Å². The molecule has 1 atom stereocenters. The first-order chi connectivity index (χ1) is 11.9. The Morgan fingerprint density at radius 2 is 2.20 bits per heavy atom. The second kappa shape index (κ2) is 6.42. The smallest absolute Gasteiger partial charge is 0.259 e. The van der Waals surface area contributed by atoms with E-state index in [1.165, 1.54) is 10.8 Å². The van der Waals surface area contributed by atoms with Crippen LogP contribution in [0.25, 0.3) is 15.6 Å². The van der Waals surface area contributed by atoms with Crippen LogP contribution in [-0.2, 0) is 7.05 Å². The lowest BCUT2D eigenvalue weighted by Gasteiger charge is -2.20. The Bertz CT molecular complexity index is 1070. The largest absolute Gasteiger partial charge is 0.371 e. The van der Waals surface area contributed by atoms with E-state index >= 15 is 0 Å². The van der Waals surface area contributed by atoms with E-state index in [4.69, 9.17) is 23.9 Å². The van der Waals surface area contributed by atoms with Crippen molar-refractivity contribution >= 4 is 39.8 Å². The van der Waals surface area contributed by atoms with Gasteiger partial charge < -0.3 is 15.6 Å². The Balaban J connectivity index is 2.08. The van der Waals surface area contributed by atoms with Gasteiger partial charge in [0.25, 0.3) is 5.56 Å². The SMILES string of the molecule is [C-]#[N+]c1cnc(N)nc1N[C@@H](C)c1cc2cccc(Cl)c2c(=O)n1C. The van der Waals surface area contributed by atoms with Gasteiger partial charge >= 0.3 is 0 Å². The van der Waals surface area contributed by atoms with Crippen molar-refractivity contribution in [2.45, 2.75) is 13.0 Å². The number of anilines is 2. The van der Waals surface area contributed by atoms with Crippen LogP contribution < -0.4 is 16.6 Å². The monoisotopic (exact) mass is 354 g/mol. The molecule has 0 saturated carbocycles. The average Bonchev–Trinajstić information content (AvgIpc) is 2.58. The van der Waals surface area contributed by atoms with Gasteiger partial charge in [0.15, 0.2) is 0 Å². The molecule has 3 N–H and O–H groups in total. The van der Waals surface area contributed by atoms with Gasteiger partial charge in [-0.05, 0) is 24.4 Å². The van der Waals surface area contributed by atoms with E-state index in [1.54, 1.807) is 19.2 Å². The summed E-state index contributed by atoms with van der Waals surface area (Å²) in [5.74, 6) is 0.398. The summed E-state index contributed by atoms with van der Waals surface area (Å²) in [6.07, 6.45) is 1.36. The number of nitrogen functional groups attached to an aromatic ring is 1. The number of nitrogens with two attached hydrogens (primary N) is 1. The highest BCUT2D eigenvalue weighted by Crippen LogP contribution is 2.28. The minimum Gasteiger partial charge on any atom is -0.371 e. The molecule has 7 nitrogen and oxygen atoms in total. The third-order valence-corrected chi connectivity index (χ3v) is 4.28. The summed E-state index contributed by atoms with van der Waals surface area (Å²) in [6, 6.07) is 6.93. The van der Waals surface area contributed by atoms with Gasteiger partial charge in [-0.15, -0.1) is 0 Å². The molecule has 0 radical (unpaired) electrons. The highest BCUT2D eigenvalue weighted by Gasteiger charge is 2.16. The number of hydrogen-bond donors (Lipinski definition) is 2. The average molecular weight is 355 g/mol. The molecule has 0 fully saturated rings. The summed E-state index contributed by atoms with van der Waals surface area (Å²) in [4.78, 5) is 23.9. The predicted molar refractivity (Wildman–Crippen MR) is 98.9 cm³/mol. The molecule has 126 valence electrons. The number of benzene rings is 1. The van der Waals surface area contributed by atoms with Crippen LogP contribution >= 0.6 is 11.6 Å². The van der Waals surface area contributed by atoms with Gasteiger partial charge in [0, 0.05) is 18.9 Å². The Hall–Kier alpha value is -3.11. The fourth-order valence-electron chi connectivity index (χ4n) is 2.70. The van der Waals surface area contributed by atoms with Crippen LogP contribution in [0, 0.1) is 6.57 Å². The summed E-state index contributed by atoms with van der Waals surface area (Å²) >= 11 is 6.16. The molecule has 0 aliphatic carbocycles. The lowest BCUT2D eigenvalue weighted by atomic mass is 10.1. The number of pyridine rings is 1. The van der Waals surface area contributed by atoms with Crippen molar-refractivity contribution in [3.05, 3.63) is 62.9 Å². The van der Waals surface area contributed by atoms with Crippen molar-refractivity contribution in [1.82, 2.24) is 14.5 Å². The van der Waals surface area contributed by atoms with Crippen molar-refractivity contribution < 1.29 is 0 Å². The Labute approximate surface area is 148 Å². The molecule has 8 heteroatoms. The zero-order valence-corrected chi connectivity index (χ0v) is 14.4. The molecule has 2 aromatic heterocycles. The maximum absolute atomic E-state index is 12.7. The van der Waals surface area contributed by atoms with E-state index in [1.807, 2.05) is 19.1 Å². The molecular weight excluding hydrogens is 340 g/mol. The van der Waals surface area contributed by atoms with E-state index in [9.17, 15) is 4.79 Å². The fourth-order valence-corrected chi connectivity index (χ4v) is 2.96. The van der Waals surface area contributed by atoms with E-state index in [-0.39, 0.29) is 23.2 Å². The van der Waals surface area contributed by atoms with Crippen molar-refractivity contribution in [3.63, 3.8) is 0 Å². The Morgan fingerprint density at radius 1 is 1.44 bits per heavy atom. The van der Waals surface area contributed by atoms with Gasteiger partial charge in [-0.1, -0.05) is 23.7 Å². The first-order valence-electron chi connectivity index (χ1n) is 7.47. The molecule has 3 rings (SSSR count). The third kappa shape index (κ3) is 2.99. The molecule has 0 amide bonds. The van der Waals surface area contributed by atoms with Crippen LogP contribution in [0.5, 0.6) is 0 Å². The lowest BCUT2D eigenvalue weighted by Crippen LogP contribution is -2.24. The van der Waals surface area contributed by atoms with Crippen LogP contribution in [0.4, 0.5) is 17.5 Å². The van der Waals surface area contributed by atoms with Gasteiger partial charge in [-0.2, -0.15) is 0 Å². The van der Waals surface area contributed by atoms with Crippen molar-refractivity contribution in [2.24, 2.45) is 7.05 Å². The quantitative estimate of drug-likeness (QED) is 0.704. The molecule has 1 aromatic carbocycles. The molecule has 0 unspecified atom stereocenters. The van der Waals surface area contributed by atoms with Crippen LogP contribution in [0.15, 0.2) is 35.3 Å². The molecule has 3 aromatic rings. The van der Waals surface area contributed by atoms with Crippen LogP contribution in [0.2, 0.25) is 5.02 Å². The Morgan fingerprint density at radius 3 is 2.92 bits per heavy atom. The molecule has 25 heavy (non-hydrogen) atoms. The maximum Gasteiger partial charge on any atom is 0.259 e. The zero-order chi connectivity index (χ0) is 18.1. The summed E-state index contributed by atoms with van der Waals surface area (Å²) in [5, 5.41) is 4.79. The molecule has 0 spiro atoms. The van der Waals surface area contributed by atoms with Gasteiger partial charge in [-0.25, -0.2) is 14.8 Å². The van der Waals surface area contributed by atoms with Crippen LogP contribution in [0.1, 0.15) is 18.7 Å². The van der Waals surface area contributed by atoms with Gasteiger partial charge in [0.1, 0.15) is 5.82 Å². The maximum atomic E-state index is 12.7. The summed E-state index contributed by atoms with van der Waals surface area (Å²) in [7, 11) is 1.68. The van der Waals surface area contributed by atoms with Crippen molar-refractivity contribution in [2.75, 3.05) is 11.1 Å². The van der Waals surface area contributed by atoms with Gasteiger partial charge in [0.05, 0.1) is 23.0 Å². The van der Waals surface area contributed by atoms with Crippen molar-refractivity contribution in [3.8, 4) is 0 Å². The molecule has 0 bridgehead atoms. The standard InChI is InChI=1S/C17H15ClN6O/c1-9(22-15-12(20-2)8-21-17(19)23-15)13-7-10-5-4-6-11(18)14(10)16(25)24(13)3/h4-9H,1,3H3,(H3,19,21,22,23)/t9-/m0/s1. The van der Waals surface area contributed by atoms with E-state index < -0.39 is 0 Å².